The van der Waals surface area contributed by atoms with Crippen LogP contribution in [-0.4, -0.2) is 18.0 Å². The molecular formula is C20H19N3O2. The Bertz CT molecular complexity index is 859. The highest BCUT2D eigenvalue weighted by Gasteiger charge is 2.06. The van der Waals surface area contributed by atoms with Gasteiger partial charge in [-0.3, -0.25) is 4.79 Å². The van der Waals surface area contributed by atoms with Crippen molar-refractivity contribution in [3.8, 4) is 5.75 Å². The Balaban J connectivity index is 1.65. The summed E-state index contributed by atoms with van der Waals surface area (Å²) >= 11 is 0. The summed E-state index contributed by atoms with van der Waals surface area (Å²) < 4.78 is 5.20. The summed E-state index contributed by atoms with van der Waals surface area (Å²) in [5.74, 6) is 1.10. The van der Waals surface area contributed by atoms with Crippen LogP contribution in [0.3, 0.4) is 0 Å². The van der Waals surface area contributed by atoms with Crippen LogP contribution in [0.5, 0.6) is 5.75 Å². The molecule has 0 saturated heterocycles. The van der Waals surface area contributed by atoms with Crippen LogP contribution >= 0.6 is 0 Å². The fourth-order valence-corrected chi connectivity index (χ4v) is 2.30. The van der Waals surface area contributed by atoms with Crippen molar-refractivity contribution in [3.05, 3.63) is 78.0 Å². The largest absolute Gasteiger partial charge is 0.497 e. The van der Waals surface area contributed by atoms with Crippen LogP contribution in [0.4, 0.5) is 17.2 Å². The highest BCUT2D eigenvalue weighted by molar-refractivity contribution is 6.03. The van der Waals surface area contributed by atoms with Gasteiger partial charge in [0, 0.05) is 17.3 Å². The van der Waals surface area contributed by atoms with E-state index in [2.05, 4.69) is 15.6 Å². The number of nitrogens with one attached hydrogen (secondary N) is 2. The third-order valence-corrected chi connectivity index (χ3v) is 3.68. The van der Waals surface area contributed by atoms with Gasteiger partial charge < -0.3 is 15.4 Å². The molecule has 0 aliphatic heterocycles. The third-order valence-electron chi connectivity index (χ3n) is 3.68. The molecule has 0 spiro atoms. The van der Waals surface area contributed by atoms with Crippen LogP contribution in [0.2, 0.25) is 0 Å². The third kappa shape index (κ3) is 4.35. The summed E-state index contributed by atoms with van der Waals surface area (Å²) in [6.07, 6.45) is 1.67. The number of benzene rings is 2. The zero-order valence-electron chi connectivity index (χ0n) is 14.1. The fraction of sp³-hybridized carbons (Fsp3) is 0.100. The minimum absolute atomic E-state index is 0.180. The molecule has 2 aromatic carbocycles. The number of ether oxygens (including phenoxy) is 1. The minimum Gasteiger partial charge on any atom is -0.497 e. The fourth-order valence-electron chi connectivity index (χ4n) is 2.30. The molecule has 0 aliphatic carbocycles. The van der Waals surface area contributed by atoms with Gasteiger partial charge in [0.2, 0.25) is 0 Å². The number of rotatable bonds is 5. The Morgan fingerprint density at radius 1 is 1.00 bits per heavy atom. The van der Waals surface area contributed by atoms with Crippen molar-refractivity contribution >= 4 is 23.1 Å². The number of pyridine rings is 1. The molecule has 126 valence electrons. The van der Waals surface area contributed by atoms with E-state index in [1.807, 2.05) is 49.4 Å². The maximum absolute atomic E-state index is 12.2. The molecule has 5 nitrogen and oxygen atoms in total. The second kappa shape index (κ2) is 7.49. The first-order valence-corrected chi connectivity index (χ1v) is 7.89. The number of nitrogens with zero attached hydrogens (tertiary/aromatic N) is 1. The van der Waals surface area contributed by atoms with Gasteiger partial charge in [-0.1, -0.05) is 23.8 Å². The van der Waals surface area contributed by atoms with E-state index in [-0.39, 0.29) is 5.91 Å². The first-order valence-electron chi connectivity index (χ1n) is 7.89. The average molecular weight is 333 g/mol. The molecule has 5 heteroatoms. The Hall–Kier alpha value is -3.34. The number of methoxy groups -OCH3 is 1. The van der Waals surface area contributed by atoms with Gasteiger partial charge in [-0.05, 0) is 43.3 Å². The lowest BCUT2D eigenvalue weighted by Gasteiger charge is -2.09. The van der Waals surface area contributed by atoms with Crippen molar-refractivity contribution in [1.29, 1.82) is 0 Å². The van der Waals surface area contributed by atoms with Crippen LogP contribution in [0, 0.1) is 6.92 Å². The van der Waals surface area contributed by atoms with E-state index in [1.54, 1.807) is 31.5 Å². The molecule has 1 aromatic heterocycles. The van der Waals surface area contributed by atoms with Gasteiger partial charge in [-0.15, -0.1) is 0 Å². The quantitative estimate of drug-likeness (QED) is 0.727. The molecule has 1 amide bonds. The molecule has 3 aromatic rings. The zero-order chi connectivity index (χ0) is 17.6. The van der Waals surface area contributed by atoms with Gasteiger partial charge in [0.25, 0.3) is 5.91 Å². The van der Waals surface area contributed by atoms with Crippen molar-refractivity contribution in [2.75, 3.05) is 17.7 Å². The summed E-state index contributed by atoms with van der Waals surface area (Å²) in [6.45, 7) is 1.98. The van der Waals surface area contributed by atoms with Crippen molar-refractivity contribution in [2.24, 2.45) is 0 Å². The molecular weight excluding hydrogens is 314 g/mol. The van der Waals surface area contributed by atoms with E-state index in [4.69, 9.17) is 4.74 Å². The number of hydrogen-bond donors (Lipinski definition) is 2. The van der Waals surface area contributed by atoms with Crippen LogP contribution < -0.4 is 15.4 Å². The first kappa shape index (κ1) is 16.5. The predicted molar refractivity (Wildman–Crippen MR) is 99.6 cm³/mol. The van der Waals surface area contributed by atoms with Crippen LogP contribution in [0.15, 0.2) is 66.9 Å². The Morgan fingerprint density at radius 3 is 2.48 bits per heavy atom. The van der Waals surface area contributed by atoms with Crippen LogP contribution in [0.25, 0.3) is 0 Å². The Kier molecular flexibility index (Phi) is 4.95. The molecule has 1 heterocycles. The smallest absolute Gasteiger partial charge is 0.256 e. The van der Waals surface area contributed by atoms with Gasteiger partial charge in [0.15, 0.2) is 0 Å². The predicted octanol–water partition coefficient (Wildman–Crippen LogP) is 4.39. The van der Waals surface area contributed by atoms with Crippen molar-refractivity contribution in [3.63, 3.8) is 0 Å². The van der Waals surface area contributed by atoms with Crippen molar-refractivity contribution in [2.45, 2.75) is 6.92 Å². The number of carbonyl (C=O) groups excluding carboxylic acids is 1. The summed E-state index contributed by atoms with van der Waals surface area (Å²) in [5, 5.41) is 6.03. The second-order valence-electron chi connectivity index (χ2n) is 5.61. The van der Waals surface area contributed by atoms with Gasteiger partial charge >= 0.3 is 0 Å². The number of amides is 1. The normalized spacial score (nSPS) is 10.2. The summed E-state index contributed by atoms with van der Waals surface area (Å²) in [6, 6.07) is 18.6. The van der Waals surface area contributed by atoms with Crippen molar-refractivity contribution < 1.29 is 9.53 Å². The Morgan fingerprint density at radius 2 is 1.80 bits per heavy atom. The lowest BCUT2D eigenvalue weighted by Crippen LogP contribution is -2.12. The number of aryl methyl sites for hydroxylation is 1. The van der Waals surface area contributed by atoms with E-state index in [9.17, 15) is 4.79 Å². The van der Waals surface area contributed by atoms with Gasteiger partial charge in [-0.2, -0.15) is 0 Å². The summed E-state index contributed by atoms with van der Waals surface area (Å²) in [7, 11) is 1.63. The monoisotopic (exact) mass is 333 g/mol. The molecule has 0 fully saturated rings. The van der Waals surface area contributed by atoms with Gasteiger partial charge in [0.1, 0.15) is 11.6 Å². The summed E-state index contributed by atoms with van der Waals surface area (Å²) in [5.41, 5.74) is 3.44. The number of anilines is 3. The lowest BCUT2D eigenvalue weighted by atomic mass is 10.1. The molecule has 0 aliphatic rings. The number of aromatic nitrogens is 1. The van der Waals surface area contributed by atoms with Crippen LogP contribution in [-0.2, 0) is 0 Å². The number of hydrogen-bond acceptors (Lipinski definition) is 4. The van der Waals surface area contributed by atoms with Crippen molar-refractivity contribution in [1.82, 2.24) is 4.98 Å². The van der Waals surface area contributed by atoms with E-state index >= 15 is 0 Å². The molecule has 2 N–H and O–H groups in total. The van der Waals surface area contributed by atoms with Crippen LogP contribution in [0.1, 0.15) is 15.9 Å². The Labute approximate surface area is 146 Å². The highest BCUT2D eigenvalue weighted by atomic mass is 16.5. The van der Waals surface area contributed by atoms with Gasteiger partial charge in [-0.25, -0.2) is 4.98 Å². The van der Waals surface area contributed by atoms with E-state index < -0.39 is 0 Å². The minimum atomic E-state index is -0.180. The van der Waals surface area contributed by atoms with E-state index in [0.717, 1.165) is 22.7 Å². The summed E-state index contributed by atoms with van der Waals surface area (Å²) in [4.78, 5) is 16.5. The highest BCUT2D eigenvalue weighted by Crippen LogP contribution is 2.21. The molecule has 25 heavy (non-hydrogen) atoms. The molecule has 0 bridgehead atoms. The molecule has 0 unspecified atom stereocenters. The maximum atomic E-state index is 12.2. The average Bonchev–Trinajstić information content (AvgIpc) is 2.64. The standard InChI is InChI=1S/C20H19N3O2/c1-14-6-8-15(9-7-14)20(24)23-19-11-10-17(13-21-19)22-16-4-3-5-18(12-16)25-2/h3-13,22H,1-2H3,(H,21,23,24). The lowest BCUT2D eigenvalue weighted by molar-refractivity contribution is 0.102. The molecule has 0 radical (unpaired) electrons. The molecule has 3 rings (SSSR count). The zero-order valence-corrected chi connectivity index (χ0v) is 14.1. The SMILES string of the molecule is COc1cccc(Nc2ccc(NC(=O)c3ccc(C)cc3)nc2)c1. The molecule has 0 atom stereocenters. The second-order valence-corrected chi connectivity index (χ2v) is 5.61. The molecule has 0 saturated carbocycles. The van der Waals surface area contributed by atoms with E-state index in [1.165, 1.54) is 0 Å². The maximum Gasteiger partial charge on any atom is 0.256 e. The van der Waals surface area contributed by atoms with Gasteiger partial charge in [0.05, 0.1) is 19.0 Å². The van der Waals surface area contributed by atoms with E-state index in [0.29, 0.717) is 11.4 Å². The first-order chi connectivity index (χ1) is 12.1. The number of carbonyl (C=O) groups is 1. The topological polar surface area (TPSA) is 63.2 Å².